The summed E-state index contributed by atoms with van der Waals surface area (Å²) in [5.41, 5.74) is -1.50. The number of rotatable bonds is 1. The Balaban J connectivity index is 2.09. The molecule has 0 amide bonds. The molecule has 0 spiro atoms. The van der Waals surface area contributed by atoms with Crippen LogP contribution in [-0.4, -0.2) is 42.3 Å². The van der Waals surface area contributed by atoms with Crippen molar-refractivity contribution in [3.63, 3.8) is 0 Å². The van der Waals surface area contributed by atoms with Gasteiger partial charge in [0.15, 0.2) is 0 Å². The van der Waals surface area contributed by atoms with Gasteiger partial charge >= 0.3 is 6.18 Å². The van der Waals surface area contributed by atoms with Gasteiger partial charge in [-0.25, -0.2) is 0 Å². The van der Waals surface area contributed by atoms with E-state index in [1.807, 2.05) is 0 Å². The van der Waals surface area contributed by atoms with Crippen LogP contribution in [0.4, 0.5) is 13.2 Å². The van der Waals surface area contributed by atoms with E-state index in [-0.39, 0.29) is 24.3 Å². The molecule has 1 aliphatic heterocycles. The van der Waals surface area contributed by atoms with Crippen LogP contribution >= 0.6 is 0 Å². The van der Waals surface area contributed by atoms with Gasteiger partial charge in [-0.3, -0.25) is 4.90 Å². The second-order valence-electron chi connectivity index (χ2n) is 6.35. The molecule has 0 aromatic heterocycles. The average molecular weight is 250 g/mol. The van der Waals surface area contributed by atoms with Gasteiger partial charge in [-0.2, -0.15) is 13.2 Å². The highest BCUT2D eigenvalue weighted by Gasteiger charge is 2.66. The third-order valence-electron chi connectivity index (χ3n) is 4.08. The lowest BCUT2D eigenvalue weighted by Crippen LogP contribution is -2.61. The van der Waals surface area contributed by atoms with E-state index >= 15 is 0 Å². The number of piperazine rings is 1. The molecule has 1 aliphatic carbocycles. The first kappa shape index (κ1) is 13.1. The average Bonchev–Trinajstić information content (AvgIpc) is 2.96. The van der Waals surface area contributed by atoms with Crippen LogP contribution in [0, 0.1) is 5.41 Å². The number of halogens is 3. The van der Waals surface area contributed by atoms with E-state index in [0.29, 0.717) is 19.6 Å². The van der Waals surface area contributed by atoms with Crippen molar-refractivity contribution in [2.45, 2.75) is 51.4 Å². The van der Waals surface area contributed by atoms with Gasteiger partial charge in [0, 0.05) is 25.7 Å². The van der Waals surface area contributed by atoms with Crippen LogP contribution in [0.1, 0.15) is 33.6 Å². The summed E-state index contributed by atoms with van der Waals surface area (Å²) < 4.78 is 39.1. The highest BCUT2D eigenvalue weighted by molar-refractivity contribution is 5.11. The first-order valence-corrected chi connectivity index (χ1v) is 6.22. The van der Waals surface area contributed by atoms with Crippen LogP contribution in [0.3, 0.4) is 0 Å². The minimum Gasteiger partial charge on any atom is -0.311 e. The highest BCUT2D eigenvalue weighted by Crippen LogP contribution is 2.54. The quantitative estimate of drug-likeness (QED) is 0.768. The van der Waals surface area contributed by atoms with Crippen molar-refractivity contribution >= 4 is 0 Å². The first-order valence-electron chi connectivity index (χ1n) is 6.22. The molecule has 1 heterocycles. The topological polar surface area (TPSA) is 15.3 Å². The van der Waals surface area contributed by atoms with Crippen LogP contribution < -0.4 is 5.32 Å². The van der Waals surface area contributed by atoms with Gasteiger partial charge in [-0.1, -0.05) is 20.8 Å². The first-order chi connectivity index (χ1) is 7.67. The molecule has 0 bridgehead atoms. The molecule has 17 heavy (non-hydrogen) atoms. The number of alkyl halides is 3. The molecule has 0 radical (unpaired) electrons. The van der Waals surface area contributed by atoms with Crippen molar-refractivity contribution in [2.75, 3.05) is 19.6 Å². The molecule has 2 fully saturated rings. The summed E-state index contributed by atoms with van der Waals surface area (Å²) in [5, 5.41) is 3.33. The van der Waals surface area contributed by atoms with Crippen molar-refractivity contribution in [3.05, 3.63) is 0 Å². The second-order valence-corrected chi connectivity index (χ2v) is 6.35. The molecule has 1 saturated heterocycles. The summed E-state index contributed by atoms with van der Waals surface area (Å²) in [7, 11) is 0. The van der Waals surface area contributed by atoms with Crippen molar-refractivity contribution < 1.29 is 13.2 Å². The Morgan fingerprint density at radius 1 is 1.18 bits per heavy atom. The molecule has 0 aromatic rings. The molecule has 5 heteroatoms. The molecule has 2 rings (SSSR count). The summed E-state index contributed by atoms with van der Waals surface area (Å²) in [6.45, 7) is 7.87. The summed E-state index contributed by atoms with van der Waals surface area (Å²) in [4.78, 5) is 1.65. The van der Waals surface area contributed by atoms with E-state index in [4.69, 9.17) is 0 Å². The Bertz CT molecular complexity index is 289. The van der Waals surface area contributed by atoms with Gasteiger partial charge in [-0.15, -0.1) is 0 Å². The predicted octanol–water partition coefficient (Wildman–Crippen LogP) is 2.40. The number of nitrogens with zero attached hydrogens (tertiary/aromatic N) is 1. The molecule has 100 valence electrons. The standard InChI is InChI=1S/C12H21F3N2/c1-10(2,3)9-8-17(7-6-16-9)11(4-5-11)12(13,14)15/h9,16H,4-8H2,1-3H3. The molecular weight excluding hydrogens is 229 g/mol. The summed E-state index contributed by atoms with van der Waals surface area (Å²) in [5.74, 6) is 0. The van der Waals surface area contributed by atoms with Crippen LogP contribution in [0.25, 0.3) is 0 Å². The summed E-state index contributed by atoms with van der Waals surface area (Å²) in [6.07, 6.45) is -3.53. The van der Waals surface area contributed by atoms with Gasteiger partial charge in [0.2, 0.25) is 0 Å². The maximum atomic E-state index is 13.0. The van der Waals surface area contributed by atoms with Gasteiger partial charge in [-0.05, 0) is 18.3 Å². The molecule has 1 N–H and O–H groups in total. The zero-order valence-corrected chi connectivity index (χ0v) is 10.7. The van der Waals surface area contributed by atoms with Gasteiger partial charge < -0.3 is 5.32 Å². The molecular formula is C12H21F3N2. The normalized spacial score (nSPS) is 30.4. The van der Waals surface area contributed by atoms with E-state index in [2.05, 4.69) is 26.1 Å². The van der Waals surface area contributed by atoms with E-state index < -0.39 is 11.7 Å². The summed E-state index contributed by atoms with van der Waals surface area (Å²) >= 11 is 0. The molecule has 1 saturated carbocycles. The Kier molecular flexibility index (Phi) is 2.98. The van der Waals surface area contributed by atoms with Crippen molar-refractivity contribution in [2.24, 2.45) is 5.41 Å². The molecule has 2 aliphatic rings. The SMILES string of the molecule is CC(C)(C)C1CN(C2(C(F)(F)F)CC2)CCN1. The Labute approximate surface area is 101 Å². The van der Waals surface area contributed by atoms with Gasteiger partial charge in [0.1, 0.15) is 5.54 Å². The largest absolute Gasteiger partial charge is 0.406 e. The molecule has 1 atom stereocenters. The van der Waals surface area contributed by atoms with Crippen molar-refractivity contribution in [3.8, 4) is 0 Å². The van der Waals surface area contributed by atoms with Gasteiger partial charge in [0.05, 0.1) is 0 Å². The number of hydrogen-bond donors (Lipinski definition) is 1. The molecule has 0 aromatic carbocycles. The fraction of sp³-hybridized carbons (Fsp3) is 1.00. The third kappa shape index (κ3) is 2.32. The fourth-order valence-electron chi connectivity index (χ4n) is 2.62. The fourth-order valence-corrected chi connectivity index (χ4v) is 2.62. The van der Waals surface area contributed by atoms with E-state index in [0.717, 1.165) is 0 Å². The minimum absolute atomic E-state index is 0.000346. The number of hydrogen-bond acceptors (Lipinski definition) is 2. The lowest BCUT2D eigenvalue weighted by atomic mass is 9.85. The Morgan fingerprint density at radius 3 is 2.18 bits per heavy atom. The lowest BCUT2D eigenvalue weighted by molar-refractivity contribution is -0.200. The smallest absolute Gasteiger partial charge is 0.311 e. The maximum Gasteiger partial charge on any atom is 0.406 e. The minimum atomic E-state index is -4.08. The summed E-state index contributed by atoms with van der Waals surface area (Å²) in [6, 6.07) is 0.135. The lowest BCUT2D eigenvalue weighted by Gasteiger charge is -2.44. The van der Waals surface area contributed by atoms with Gasteiger partial charge in [0.25, 0.3) is 0 Å². The monoisotopic (exact) mass is 250 g/mol. The predicted molar refractivity (Wildman–Crippen MR) is 60.8 cm³/mol. The zero-order valence-electron chi connectivity index (χ0n) is 10.7. The molecule has 2 nitrogen and oxygen atoms in total. The Morgan fingerprint density at radius 2 is 1.76 bits per heavy atom. The van der Waals surface area contributed by atoms with Crippen molar-refractivity contribution in [1.29, 1.82) is 0 Å². The zero-order chi connectivity index (χ0) is 12.9. The van der Waals surface area contributed by atoms with E-state index in [1.165, 1.54) is 0 Å². The number of nitrogens with one attached hydrogen (secondary N) is 1. The van der Waals surface area contributed by atoms with Crippen LogP contribution in [0.15, 0.2) is 0 Å². The van der Waals surface area contributed by atoms with E-state index in [9.17, 15) is 13.2 Å². The van der Waals surface area contributed by atoms with Crippen LogP contribution in [-0.2, 0) is 0 Å². The van der Waals surface area contributed by atoms with Crippen LogP contribution in [0.2, 0.25) is 0 Å². The molecule has 1 unspecified atom stereocenters. The Hall–Kier alpha value is -0.290. The second kappa shape index (κ2) is 3.85. The maximum absolute atomic E-state index is 13.0. The van der Waals surface area contributed by atoms with Crippen LogP contribution in [0.5, 0.6) is 0 Å². The highest BCUT2D eigenvalue weighted by atomic mass is 19.4. The van der Waals surface area contributed by atoms with Crippen molar-refractivity contribution in [1.82, 2.24) is 10.2 Å². The third-order valence-corrected chi connectivity index (χ3v) is 4.08. The van der Waals surface area contributed by atoms with E-state index in [1.54, 1.807) is 4.90 Å².